The van der Waals surface area contributed by atoms with Crippen molar-refractivity contribution in [2.24, 2.45) is 11.1 Å². The van der Waals surface area contributed by atoms with Crippen LogP contribution in [-0.2, 0) is 21.4 Å². The number of primary sulfonamides is 1. The molecule has 2 amide bonds. The van der Waals surface area contributed by atoms with E-state index in [-0.39, 0.29) is 22.9 Å². The minimum atomic E-state index is -3.78. The minimum absolute atomic E-state index is 0.0280. The standard InChI is InChI=1S/C19H22FN3O4S/c1-12(2)17(23-18(24)15-5-3-4-6-16(15)20)19(25)22-11-13-7-9-14(10-8-13)28(21,26)27/h3-10,12,17H,11H2,1-2H3,(H,22,25)(H,23,24)(H2,21,26,27)/t17-/m0/s1. The van der Waals surface area contributed by atoms with Crippen LogP contribution in [0.4, 0.5) is 4.39 Å². The first-order valence-electron chi connectivity index (χ1n) is 8.54. The second-order valence-corrected chi connectivity index (χ2v) is 8.14. The summed E-state index contributed by atoms with van der Waals surface area (Å²) in [6.07, 6.45) is 0. The first kappa shape index (κ1) is 21.5. The Balaban J connectivity index is 2.03. The molecule has 0 unspecified atom stereocenters. The number of benzene rings is 2. The van der Waals surface area contributed by atoms with Crippen molar-refractivity contribution in [3.63, 3.8) is 0 Å². The van der Waals surface area contributed by atoms with Crippen molar-refractivity contribution in [2.75, 3.05) is 0 Å². The molecular weight excluding hydrogens is 385 g/mol. The summed E-state index contributed by atoms with van der Waals surface area (Å²) in [5.41, 5.74) is 0.517. The zero-order chi connectivity index (χ0) is 20.9. The number of sulfonamides is 1. The number of hydrogen-bond acceptors (Lipinski definition) is 4. The fourth-order valence-corrected chi connectivity index (χ4v) is 3.01. The monoisotopic (exact) mass is 407 g/mol. The Kier molecular flexibility index (Phi) is 6.87. The van der Waals surface area contributed by atoms with Gasteiger partial charge in [-0.25, -0.2) is 17.9 Å². The maximum atomic E-state index is 13.8. The summed E-state index contributed by atoms with van der Waals surface area (Å²) in [6, 6.07) is 10.4. The fraction of sp³-hybridized carbons (Fsp3) is 0.263. The lowest BCUT2D eigenvalue weighted by Gasteiger charge is -2.22. The molecule has 0 saturated carbocycles. The Hall–Kier alpha value is -2.78. The van der Waals surface area contributed by atoms with Crippen LogP contribution < -0.4 is 15.8 Å². The number of nitrogens with two attached hydrogens (primary N) is 1. The van der Waals surface area contributed by atoms with Gasteiger partial charge in [0.25, 0.3) is 5.91 Å². The Morgan fingerprint density at radius 3 is 2.21 bits per heavy atom. The van der Waals surface area contributed by atoms with Crippen LogP contribution in [0, 0.1) is 11.7 Å². The summed E-state index contributed by atoms with van der Waals surface area (Å²) in [5, 5.41) is 10.3. The molecule has 2 rings (SSSR count). The Labute approximate surface area is 163 Å². The maximum Gasteiger partial charge on any atom is 0.254 e. The molecule has 2 aromatic rings. The van der Waals surface area contributed by atoms with E-state index in [1.807, 2.05) is 0 Å². The number of amides is 2. The number of carbonyl (C=O) groups is 2. The van der Waals surface area contributed by atoms with Crippen LogP contribution in [0.25, 0.3) is 0 Å². The smallest absolute Gasteiger partial charge is 0.254 e. The minimum Gasteiger partial charge on any atom is -0.350 e. The van der Waals surface area contributed by atoms with E-state index in [2.05, 4.69) is 10.6 Å². The summed E-state index contributed by atoms with van der Waals surface area (Å²) in [5.74, 6) is -2.02. The van der Waals surface area contributed by atoms with E-state index in [1.165, 1.54) is 48.5 Å². The van der Waals surface area contributed by atoms with Crippen LogP contribution >= 0.6 is 0 Å². The normalized spacial score (nSPS) is 12.5. The Morgan fingerprint density at radius 1 is 1.07 bits per heavy atom. The van der Waals surface area contributed by atoms with Gasteiger partial charge in [0.05, 0.1) is 10.5 Å². The van der Waals surface area contributed by atoms with Gasteiger partial charge in [-0.05, 0) is 35.7 Å². The van der Waals surface area contributed by atoms with Crippen molar-refractivity contribution in [2.45, 2.75) is 31.3 Å². The second kappa shape index (κ2) is 8.94. The molecule has 9 heteroatoms. The van der Waals surface area contributed by atoms with Gasteiger partial charge in [-0.1, -0.05) is 38.1 Å². The Morgan fingerprint density at radius 2 is 1.68 bits per heavy atom. The predicted molar refractivity (Wildman–Crippen MR) is 102 cm³/mol. The van der Waals surface area contributed by atoms with Gasteiger partial charge in [-0.2, -0.15) is 0 Å². The van der Waals surface area contributed by atoms with Crippen molar-refractivity contribution >= 4 is 21.8 Å². The van der Waals surface area contributed by atoms with Crippen LogP contribution in [0.1, 0.15) is 29.8 Å². The summed E-state index contributed by atoms with van der Waals surface area (Å²) in [4.78, 5) is 24.8. The van der Waals surface area contributed by atoms with E-state index in [0.29, 0.717) is 5.56 Å². The quantitative estimate of drug-likeness (QED) is 0.645. The zero-order valence-corrected chi connectivity index (χ0v) is 16.3. The van der Waals surface area contributed by atoms with Crippen molar-refractivity contribution in [1.82, 2.24) is 10.6 Å². The molecule has 0 spiro atoms. The SMILES string of the molecule is CC(C)[C@H](NC(=O)c1ccccc1F)C(=O)NCc1ccc(S(N)(=O)=O)cc1. The molecular formula is C19H22FN3O4S. The lowest BCUT2D eigenvalue weighted by molar-refractivity contribution is -0.124. The van der Waals surface area contributed by atoms with Gasteiger partial charge < -0.3 is 10.6 Å². The first-order chi connectivity index (χ1) is 13.1. The van der Waals surface area contributed by atoms with Crippen LogP contribution in [0.15, 0.2) is 53.4 Å². The highest BCUT2D eigenvalue weighted by Crippen LogP contribution is 2.11. The van der Waals surface area contributed by atoms with Gasteiger partial charge in [0, 0.05) is 6.54 Å². The second-order valence-electron chi connectivity index (χ2n) is 6.58. The molecule has 0 saturated heterocycles. The van der Waals surface area contributed by atoms with E-state index in [0.717, 1.165) is 0 Å². The Bertz CT molecular complexity index is 959. The van der Waals surface area contributed by atoms with E-state index in [4.69, 9.17) is 5.14 Å². The molecule has 2 aromatic carbocycles. The fourth-order valence-electron chi connectivity index (χ4n) is 2.50. The van der Waals surface area contributed by atoms with E-state index in [9.17, 15) is 22.4 Å². The number of carbonyl (C=O) groups excluding carboxylic acids is 2. The summed E-state index contributed by atoms with van der Waals surface area (Å²) in [7, 11) is -3.78. The zero-order valence-electron chi connectivity index (χ0n) is 15.5. The number of rotatable bonds is 7. The van der Waals surface area contributed by atoms with Crippen LogP contribution in [0.3, 0.4) is 0 Å². The number of halogens is 1. The topological polar surface area (TPSA) is 118 Å². The average molecular weight is 407 g/mol. The molecule has 4 N–H and O–H groups in total. The number of hydrogen-bond donors (Lipinski definition) is 3. The molecule has 0 fully saturated rings. The van der Waals surface area contributed by atoms with Gasteiger partial charge in [0.1, 0.15) is 11.9 Å². The molecule has 0 aromatic heterocycles. The summed E-state index contributed by atoms with van der Waals surface area (Å²) < 4.78 is 36.3. The van der Waals surface area contributed by atoms with Crippen molar-refractivity contribution in [3.8, 4) is 0 Å². The van der Waals surface area contributed by atoms with Crippen molar-refractivity contribution in [1.29, 1.82) is 0 Å². The summed E-state index contributed by atoms with van der Waals surface area (Å²) >= 11 is 0. The molecule has 0 radical (unpaired) electrons. The summed E-state index contributed by atoms with van der Waals surface area (Å²) in [6.45, 7) is 3.64. The van der Waals surface area contributed by atoms with E-state index in [1.54, 1.807) is 13.8 Å². The van der Waals surface area contributed by atoms with E-state index >= 15 is 0 Å². The van der Waals surface area contributed by atoms with Gasteiger partial charge in [0.2, 0.25) is 15.9 Å². The average Bonchev–Trinajstić information content (AvgIpc) is 2.63. The van der Waals surface area contributed by atoms with Crippen molar-refractivity contribution in [3.05, 3.63) is 65.5 Å². The lowest BCUT2D eigenvalue weighted by atomic mass is 10.0. The molecule has 1 atom stereocenters. The third-order valence-electron chi connectivity index (χ3n) is 4.07. The first-order valence-corrected chi connectivity index (χ1v) is 10.1. The molecule has 0 bridgehead atoms. The highest BCUT2D eigenvalue weighted by molar-refractivity contribution is 7.89. The highest BCUT2D eigenvalue weighted by atomic mass is 32.2. The van der Waals surface area contributed by atoms with Crippen LogP contribution in [-0.4, -0.2) is 26.3 Å². The molecule has 0 aliphatic heterocycles. The lowest BCUT2D eigenvalue weighted by Crippen LogP contribution is -2.49. The van der Waals surface area contributed by atoms with Crippen molar-refractivity contribution < 1.29 is 22.4 Å². The third-order valence-corrected chi connectivity index (χ3v) is 5.00. The van der Waals surface area contributed by atoms with Crippen LogP contribution in [0.5, 0.6) is 0 Å². The number of nitrogens with one attached hydrogen (secondary N) is 2. The molecule has 150 valence electrons. The highest BCUT2D eigenvalue weighted by Gasteiger charge is 2.25. The largest absolute Gasteiger partial charge is 0.350 e. The molecule has 7 nitrogen and oxygen atoms in total. The van der Waals surface area contributed by atoms with Gasteiger partial charge in [-0.3, -0.25) is 9.59 Å². The predicted octanol–water partition coefficient (Wildman–Crippen LogP) is 1.54. The molecule has 0 aliphatic carbocycles. The molecule has 28 heavy (non-hydrogen) atoms. The van der Waals surface area contributed by atoms with E-state index < -0.39 is 33.7 Å². The molecule has 0 aliphatic rings. The molecule has 0 heterocycles. The van der Waals surface area contributed by atoms with Gasteiger partial charge in [-0.15, -0.1) is 0 Å². The maximum absolute atomic E-state index is 13.8. The van der Waals surface area contributed by atoms with Crippen LogP contribution in [0.2, 0.25) is 0 Å². The van der Waals surface area contributed by atoms with Gasteiger partial charge >= 0.3 is 0 Å². The van der Waals surface area contributed by atoms with Gasteiger partial charge in [0.15, 0.2) is 0 Å². The third kappa shape index (κ3) is 5.61.